The lowest BCUT2D eigenvalue weighted by Gasteiger charge is -2.10. The standard InChI is InChI=1S/C10H12FN3/c1-7(2)13-9-5-3-4-8-6-12-14(11)10(8)9/h3-7,13H,1-2H3. The summed E-state index contributed by atoms with van der Waals surface area (Å²) in [5.74, 6) is 0. The fourth-order valence-electron chi connectivity index (χ4n) is 1.47. The van der Waals surface area contributed by atoms with Gasteiger partial charge in [0.25, 0.3) is 0 Å². The summed E-state index contributed by atoms with van der Waals surface area (Å²) in [5, 5.41) is 7.55. The average Bonchev–Trinajstić information content (AvgIpc) is 2.48. The second-order valence-corrected chi connectivity index (χ2v) is 3.55. The topological polar surface area (TPSA) is 29.9 Å². The highest BCUT2D eigenvalue weighted by Crippen LogP contribution is 2.23. The first-order valence-corrected chi connectivity index (χ1v) is 4.58. The number of fused-ring (bicyclic) bond motifs is 1. The monoisotopic (exact) mass is 193 g/mol. The molecule has 74 valence electrons. The van der Waals surface area contributed by atoms with Crippen LogP contribution in [0.4, 0.5) is 10.2 Å². The Morgan fingerprint density at radius 1 is 1.43 bits per heavy atom. The molecule has 0 aliphatic rings. The zero-order chi connectivity index (χ0) is 10.1. The predicted molar refractivity (Wildman–Crippen MR) is 55.0 cm³/mol. The number of rotatable bonds is 2. The van der Waals surface area contributed by atoms with Crippen molar-refractivity contribution in [3.63, 3.8) is 0 Å². The van der Waals surface area contributed by atoms with Gasteiger partial charge in [0.15, 0.2) is 0 Å². The Balaban J connectivity index is 2.57. The molecule has 1 heterocycles. The van der Waals surface area contributed by atoms with Gasteiger partial charge in [-0.2, -0.15) is 0 Å². The van der Waals surface area contributed by atoms with Crippen molar-refractivity contribution in [1.29, 1.82) is 0 Å². The summed E-state index contributed by atoms with van der Waals surface area (Å²) >= 11 is 0. The van der Waals surface area contributed by atoms with Crippen LogP contribution in [0.3, 0.4) is 0 Å². The van der Waals surface area contributed by atoms with Crippen LogP contribution < -0.4 is 5.32 Å². The normalized spacial score (nSPS) is 11.1. The molecule has 1 N–H and O–H groups in total. The van der Waals surface area contributed by atoms with Gasteiger partial charge in [-0.3, -0.25) is 0 Å². The lowest BCUT2D eigenvalue weighted by molar-refractivity contribution is 0.333. The number of nitrogens with one attached hydrogen (secondary N) is 1. The molecule has 4 heteroatoms. The van der Waals surface area contributed by atoms with Gasteiger partial charge in [0, 0.05) is 11.4 Å². The third-order valence-corrected chi connectivity index (χ3v) is 1.99. The molecule has 2 rings (SSSR count). The molecular weight excluding hydrogens is 181 g/mol. The summed E-state index contributed by atoms with van der Waals surface area (Å²) in [6, 6.07) is 5.84. The van der Waals surface area contributed by atoms with E-state index < -0.39 is 0 Å². The third kappa shape index (κ3) is 1.43. The van der Waals surface area contributed by atoms with Gasteiger partial charge in [-0.25, -0.2) is 0 Å². The van der Waals surface area contributed by atoms with Crippen LogP contribution in [0.15, 0.2) is 24.4 Å². The Morgan fingerprint density at radius 2 is 2.21 bits per heavy atom. The van der Waals surface area contributed by atoms with E-state index >= 15 is 0 Å². The highest BCUT2D eigenvalue weighted by atomic mass is 19.2. The summed E-state index contributed by atoms with van der Waals surface area (Å²) in [6.07, 6.45) is 1.51. The maximum atomic E-state index is 13.2. The molecule has 0 bridgehead atoms. The van der Waals surface area contributed by atoms with Crippen LogP contribution in [0, 0.1) is 0 Å². The fraction of sp³-hybridized carbons (Fsp3) is 0.300. The quantitative estimate of drug-likeness (QED) is 0.794. The Morgan fingerprint density at radius 3 is 2.93 bits per heavy atom. The van der Waals surface area contributed by atoms with Crippen molar-refractivity contribution >= 4 is 16.6 Å². The molecular formula is C10H12FN3. The van der Waals surface area contributed by atoms with E-state index in [9.17, 15) is 4.48 Å². The molecule has 0 aliphatic heterocycles. The molecule has 0 atom stereocenters. The predicted octanol–water partition coefficient (Wildman–Crippen LogP) is 2.59. The highest BCUT2D eigenvalue weighted by molar-refractivity contribution is 5.90. The highest BCUT2D eigenvalue weighted by Gasteiger charge is 2.07. The van der Waals surface area contributed by atoms with Gasteiger partial charge in [0.1, 0.15) is 5.52 Å². The van der Waals surface area contributed by atoms with Crippen molar-refractivity contribution < 1.29 is 4.48 Å². The Hall–Kier alpha value is -1.58. The number of benzene rings is 1. The van der Waals surface area contributed by atoms with Crippen LogP contribution in [0.5, 0.6) is 0 Å². The molecule has 0 spiro atoms. The van der Waals surface area contributed by atoms with Crippen molar-refractivity contribution in [3.8, 4) is 0 Å². The molecule has 0 amide bonds. The van der Waals surface area contributed by atoms with Crippen LogP contribution in [-0.2, 0) is 0 Å². The lowest BCUT2D eigenvalue weighted by Crippen LogP contribution is -2.10. The maximum absolute atomic E-state index is 13.2. The molecule has 0 fully saturated rings. The molecule has 0 saturated heterocycles. The average molecular weight is 193 g/mol. The summed E-state index contributed by atoms with van der Waals surface area (Å²) < 4.78 is 13.2. The van der Waals surface area contributed by atoms with E-state index in [4.69, 9.17) is 0 Å². The van der Waals surface area contributed by atoms with E-state index in [0.29, 0.717) is 10.4 Å². The van der Waals surface area contributed by atoms with E-state index in [-0.39, 0.29) is 6.04 Å². The zero-order valence-corrected chi connectivity index (χ0v) is 8.16. The summed E-state index contributed by atoms with van der Waals surface area (Å²) in [4.78, 5) is 0.403. The van der Waals surface area contributed by atoms with Gasteiger partial charge in [0.05, 0.1) is 11.9 Å². The number of anilines is 1. The molecule has 1 aromatic heterocycles. The number of hydrogen-bond acceptors (Lipinski definition) is 2. The minimum atomic E-state index is 0.274. The number of halogens is 1. The van der Waals surface area contributed by atoms with Crippen molar-refractivity contribution in [3.05, 3.63) is 24.4 Å². The van der Waals surface area contributed by atoms with Crippen LogP contribution in [0.25, 0.3) is 10.9 Å². The lowest BCUT2D eigenvalue weighted by atomic mass is 10.2. The van der Waals surface area contributed by atoms with Crippen LogP contribution in [0.1, 0.15) is 13.8 Å². The third-order valence-electron chi connectivity index (χ3n) is 1.99. The number of aromatic nitrogens is 2. The van der Waals surface area contributed by atoms with Gasteiger partial charge in [-0.1, -0.05) is 21.5 Å². The SMILES string of the molecule is CC(C)Nc1cccc2cnn(F)c12. The molecule has 0 unspecified atom stereocenters. The first-order chi connectivity index (χ1) is 6.68. The summed E-state index contributed by atoms with van der Waals surface area (Å²) in [6.45, 7) is 4.02. The van der Waals surface area contributed by atoms with Gasteiger partial charge in [0.2, 0.25) is 0 Å². The van der Waals surface area contributed by atoms with Gasteiger partial charge >= 0.3 is 0 Å². The molecule has 0 saturated carbocycles. The maximum Gasteiger partial charge on any atom is 0.127 e. The fourth-order valence-corrected chi connectivity index (χ4v) is 1.47. The van der Waals surface area contributed by atoms with Crippen LogP contribution in [0.2, 0.25) is 0 Å². The van der Waals surface area contributed by atoms with Gasteiger partial charge in [-0.05, 0) is 19.9 Å². The van der Waals surface area contributed by atoms with E-state index in [2.05, 4.69) is 10.4 Å². The van der Waals surface area contributed by atoms with Crippen molar-refractivity contribution in [1.82, 2.24) is 10.0 Å². The first kappa shape index (κ1) is 8.99. The van der Waals surface area contributed by atoms with Crippen molar-refractivity contribution in [2.45, 2.75) is 19.9 Å². The Kier molecular flexibility index (Phi) is 2.11. The van der Waals surface area contributed by atoms with Crippen LogP contribution in [-0.4, -0.2) is 16.0 Å². The largest absolute Gasteiger partial charge is 0.381 e. The zero-order valence-electron chi connectivity index (χ0n) is 8.16. The van der Waals surface area contributed by atoms with E-state index in [1.165, 1.54) is 6.20 Å². The minimum Gasteiger partial charge on any atom is -0.381 e. The number of nitrogens with zero attached hydrogens (tertiary/aromatic N) is 2. The van der Waals surface area contributed by atoms with E-state index in [1.807, 2.05) is 32.0 Å². The number of para-hydroxylation sites is 1. The summed E-state index contributed by atoms with van der Waals surface area (Å²) in [5.41, 5.74) is 1.28. The minimum absolute atomic E-state index is 0.274. The van der Waals surface area contributed by atoms with Crippen molar-refractivity contribution in [2.75, 3.05) is 5.32 Å². The van der Waals surface area contributed by atoms with Gasteiger partial charge in [-0.15, -0.1) is 5.10 Å². The van der Waals surface area contributed by atoms with Gasteiger partial charge < -0.3 is 5.32 Å². The molecule has 1 aromatic carbocycles. The van der Waals surface area contributed by atoms with Crippen LogP contribution >= 0.6 is 0 Å². The molecule has 14 heavy (non-hydrogen) atoms. The molecule has 2 aromatic rings. The second-order valence-electron chi connectivity index (χ2n) is 3.55. The van der Waals surface area contributed by atoms with E-state index in [0.717, 1.165) is 11.1 Å². The van der Waals surface area contributed by atoms with E-state index in [1.54, 1.807) is 0 Å². The van der Waals surface area contributed by atoms with Crippen molar-refractivity contribution in [2.24, 2.45) is 0 Å². The molecule has 0 radical (unpaired) electrons. The Bertz CT molecular complexity index is 448. The first-order valence-electron chi connectivity index (χ1n) is 4.58. The molecule has 0 aliphatic carbocycles. The smallest absolute Gasteiger partial charge is 0.127 e. The summed E-state index contributed by atoms with van der Waals surface area (Å²) in [7, 11) is 0. The Labute approximate surface area is 81.5 Å². The second kappa shape index (κ2) is 3.29. The molecule has 3 nitrogen and oxygen atoms in total. The number of hydrogen-bond donors (Lipinski definition) is 1.